The highest BCUT2D eigenvalue weighted by Crippen LogP contribution is 2.20. The number of pyridine rings is 1. The molecule has 1 unspecified atom stereocenters. The molecule has 0 saturated carbocycles. The number of nitrogens with zero attached hydrogens (tertiary/aromatic N) is 2. The molecule has 1 aliphatic heterocycles. The number of piperidine rings is 1. The van der Waals surface area contributed by atoms with Gasteiger partial charge in [-0.1, -0.05) is 36.8 Å². The van der Waals surface area contributed by atoms with Gasteiger partial charge in [0.05, 0.1) is 12.8 Å². The van der Waals surface area contributed by atoms with Crippen LogP contribution in [0.4, 0.5) is 0 Å². The quantitative estimate of drug-likeness (QED) is 0.788. The van der Waals surface area contributed by atoms with Crippen molar-refractivity contribution < 1.29 is 13.2 Å². The molecule has 1 amide bonds. The highest BCUT2D eigenvalue weighted by Gasteiger charge is 2.34. The monoisotopic (exact) mass is 403 g/mol. The van der Waals surface area contributed by atoms with Crippen molar-refractivity contribution in [2.45, 2.75) is 38.4 Å². The fourth-order valence-corrected chi connectivity index (χ4v) is 4.55. The van der Waals surface area contributed by atoms with Crippen LogP contribution >= 0.6 is 0 Å². The van der Waals surface area contributed by atoms with Crippen LogP contribution in [0.15, 0.2) is 53.5 Å². The lowest BCUT2D eigenvalue weighted by Gasteiger charge is -2.32. The molecule has 8 heteroatoms. The Balaban J connectivity index is 1.59. The molecule has 1 saturated heterocycles. The molecule has 0 radical (unpaired) electrons. The molecule has 1 N–H and O–H groups in total. The van der Waals surface area contributed by atoms with Crippen LogP contribution in [0.3, 0.4) is 0 Å². The molecular formula is C20H25N3O4S. The van der Waals surface area contributed by atoms with E-state index in [9.17, 15) is 18.0 Å². The second kappa shape index (κ2) is 8.70. The van der Waals surface area contributed by atoms with E-state index in [0.717, 1.165) is 30.2 Å². The third kappa shape index (κ3) is 5.08. The van der Waals surface area contributed by atoms with Crippen molar-refractivity contribution in [2.75, 3.05) is 12.8 Å². The van der Waals surface area contributed by atoms with Gasteiger partial charge in [0.2, 0.25) is 15.9 Å². The lowest BCUT2D eigenvalue weighted by molar-refractivity contribution is -0.125. The van der Waals surface area contributed by atoms with Crippen LogP contribution in [0.5, 0.6) is 0 Å². The number of aromatic nitrogens is 1. The smallest absolute Gasteiger partial charge is 0.250 e. The third-order valence-corrected chi connectivity index (χ3v) is 6.21. The Bertz CT molecular complexity index is 983. The van der Waals surface area contributed by atoms with Crippen LogP contribution in [-0.4, -0.2) is 42.0 Å². The fraction of sp³-hybridized carbons (Fsp3) is 0.400. The van der Waals surface area contributed by atoms with Crippen LogP contribution in [0.1, 0.15) is 30.4 Å². The first-order valence-corrected chi connectivity index (χ1v) is 11.2. The Morgan fingerprint density at radius 3 is 2.50 bits per heavy atom. The lowest BCUT2D eigenvalue weighted by Crippen LogP contribution is -2.51. The van der Waals surface area contributed by atoms with E-state index in [1.54, 1.807) is 16.8 Å². The number of carbonyl (C=O) groups excluding carboxylic acids is 1. The van der Waals surface area contributed by atoms with E-state index in [1.165, 1.54) is 10.4 Å². The largest absolute Gasteiger partial charge is 0.351 e. The van der Waals surface area contributed by atoms with E-state index in [0.29, 0.717) is 26.1 Å². The fourth-order valence-electron chi connectivity index (χ4n) is 3.42. The van der Waals surface area contributed by atoms with Gasteiger partial charge in [-0.15, -0.1) is 0 Å². The summed E-state index contributed by atoms with van der Waals surface area (Å²) in [5, 5.41) is 2.85. The van der Waals surface area contributed by atoms with E-state index in [4.69, 9.17) is 0 Å². The van der Waals surface area contributed by atoms with Crippen molar-refractivity contribution >= 4 is 15.9 Å². The van der Waals surface area contributed by atoms with Gasteiger partial charge < -0.3 is 9.88 Å². The summed E-state index contributed by atoms with van der Waals surface area (Å²) in [5.74, 6) is -0.259. The molecule has 150 valence electrons. The predicted molar refractivity (Wildman–Crippen MR) is 107 cm³/mol. The molecule has 2 aromatic rings. The average molecular weight is 404 g/mol. The summed E-state index contributed by atoms with van der Waals surface area (Å²) < 4.78 is 26.7. The summed E-state index contributed by atoms with van der Waals surface area (Å²) in [6.07, 6.45) is 5.06. The Hall–Kier alpha value is -2.45. The van der Waals surface area contributed by atoms with E-state index in [2.05, 4.69) is 5.32 Å². The molecule has 0 aliphatic carbocycles. The SMILES string of the molecule is CS(=O)(=O)N1CCCCC1C(=O)NCc1ccc(Cn2ccccc2=O)cc1. The van der Waals surface area contributed by atoms with Gasteiger partial charge in [0, 0.05) is 25.4 Å². The highest BCUT2D eigenvalue weighted by atomic mass is 32.2. The highest BCUT2D eigenvalue weighted by molar-refractivity contribution is 7.88. The minimum atomic E-state index is -3.40. The normalized spacial score (nSPS) is 18.0. The molecule has 1 fully saturated rings. The van der Waals surface area contributed by atoms with Crippen LogP contribution in [-0.2, 0) is 27.9 Å². The van der Waals surface area contributed by atoms with Gasteiger partial charge in [-0.05, 0) is 30.0 Å². The van der Waals surface area contributed by atoms with E-state index in [-0.39, 0.29) is 11.5 Å². The molecule has 0 spiro atoms. The van der Waals surface area contributed by atoms with E-state index < -0.39 is 16.1 Å². The minimum Gasteiger partial charge on any atom is -0.351 e. The van der Waals surface area contributed by atoms with Crippen molar-refractivity contribution in [1.82, 2.24) is 14.2 Å². The first-order valence-electron chi connectivity index (χ1n) is 9.32. The molecule has 1 aromatic heterocycles. The van der Waals surface area contributed by atoms with Crippen molar-refractivity contribution in [3.63, 3.8) is 0 Å². The minimum absolute atomic E-state index is 0.0539. The molecular weight excluding hydrogens is 378 g/mol. The Morgan fingerprint density at radius 2 is 1.82 bits per heavy atom. The van der Waals surface area contributed by atoms with Gasteiger partial charge in [0.1, 0.15) is 6.04 Å². The summed E-state index contributed by atoms with van der Waals surface area (Å²) in [4.78, 5) is 24.3. The Kier molecular flexibility index (Phi) is 6.31. The van der Waals surface area contributed by atoms with Crippen LogP contribution in [0, 0.1) is 0 Å². The first-order chi connectivity index (χ1) is 13.3. The summed E-state index contributed by atoms with van der Waals surface area (Å²) in [7, 11) is -3.40. The molecule has 3 rings (SSSR count). The summed E-state index contributed by atoms with van der Waals surface area (Å²) in [6, 6.07) is 12.1. The van der Waals surface area contributed by atoms with Gasteiger partial charge in [0.15, 0.2) is 0 Å². The number of rotatable bonds is 6. The van der Waals surface area contributed by atoms with Gasteiger partial charge in [-0.2, -0.15) is 4.31 Å². The molecule has 0 bridgehead atoms. The number of sulfonamides is 1. The van der Waals surface area contributed by atoms with Crippen LogP contribution in [0.2, 0.25) is 0 Å². The number of benzene rings is 1. The second-order valence-corrected chi connectivity index (χ2v) is 9.02. The molecule has 7 nitrogen and oxygen atoms in total. The second-order valence-electron chi connectivity index (χ2n) is 7.09. The number of carbonyl (C=O) groups is 1. The van der Waals surface area contributed by atoms with Crippen molar-refractivity contribution in [3.05, 3.63) is 70.1 Å². The van der Waals surface area contributed by atoms with E-state index >= 15 is 0 Å². The molecule has 1 aliphatic rings. The summed E-state index contributed by atoms with van der Waals surface area (Å²) >= 11 is 0. The average Bonchev–Trinajstić information content (AvgIpc) is 2.68. The standard InChI is InChI=1S/C20H25N3O4S/c1-28(26,27)23-13-5-2-6-18(23)20(25)21-14-16-8-10-17(11-9-16)15-22-12-4-3-7-19(22)24/h3-4,7-12,18H,2,5-6,13-15H2,1H3,(H,21,25). The van der Waals surface area contributed by atoms with Crippen molar-refractivity contribution in [2.24, 2.45) is 0 Å². The maximum Gasteiger partial charge on any atom is 0.250 e. The molecule has 28 heavy (non-hydrogen) atoms. The zero-order valence-corrected chi connectivity index (χ0v) is 16.7. The lowest BCUT2D eigenvalue weighted by atomic mass is 10.0. The van der Waals surface area contributed by atoms with Gasteiger partial charge >= 0.3 is 0 Å². The first kappa shape index (κ1) is 20.3. The van der Waals surface area contributed by atoms with Crippen molar-refractivity contribution in [1.29, 1.82) is 0 Å². The van der Waals surface area contributed by atoms with E-state index in [1.807, 2.05) is 30.3 Å². The number of hydrogen-bond donors (Lipinski definition) is 1. The van der Waals surface area contributed by atoms with Gasteiger partial charge in [-0.3, -0.25) is 9.59 Å². The Labute approximate surface area is 165 Å². The topological polar surface area (TPSA) is 88.5 Å². The zero-order valence-electron chi connectivity index (χ0n) is 15.9. The molecule has 2 heterocycles. The van der Waals surface area contributed by atoms with Crippen molar-refractivity contribution in [3.8, 4) is 0 Å². The molecule has 1 aromatic carbocycles. The molecule has 1 atom stereocenters. The van der Waals surface area contributed by atoms with Crippen LogP contribution < -0.4 is 10.9 Å². The third-order valence-electron chi connectivity index (χ3n) is 4.92. The number of nitrogens with one attached hydrogen (secondary N) is 1. The maximum atomic E-state index is 12.5. The van der Waals surface area contributed by atoms with Gasteiger partial charge in [-0.25, -0.2) is 8.42 Å². The summed E-state index contributed by atoms with van der Waals surface area (Å²) in [6.45, 7) is 1.21. The predicted octanol–water partition coefficient (Wildman–Crippen LogP) is 1.33. The Morgan fingerprint density at radius 1 is 1.11 bits per heavy atom. The number of hydrogen-bond acceptors (Lipinski definition) is 4. The number of amides is 1. The van der Waals surface area contributed by atoms with Gasteiger partial charge in [0.25, 0.3) is 5.56 Å². The zero-order chi connectivity index (χ0) is 20.1. The maximum absolute atomic E-state index is 12.5. The summed E-state index contributed by atoms with van der Waals surface area (Å²) in [5.41, 5.74) is 1.85. The van der Waals surface area contributed by atoms with Crippen LogP contribution in [0.25, 0.3) is 0 Å².